The number of carbonyl (C=O) groups excluding carboxylic acids is 2. The lowest BCUT2D eigenvalue weighted by Crippen LogP contribution is -2.44. The number of carbonyl (C=O) groups is 2. The summed E-state index contributed by atoms with van der Waals surface area (Å²) in [5.74, 6) is -1.91. The third-order valence-electron chi connectivity index (χ3n) is 3.17. The van der Waals surface area contributed by atoms with E-state index >= 15 is 0 Å². The highest BCUT2D eigenvalue weighted by molar-refractivity contribution is 8.00. The molecule has 22 heavy (non-hydrogen) atoms. The van der Waals surface area contributed by atoms with E-state index in [1.54, 1.807) is 11.6 Å². The summed E-state index contributed by atoms with van der Waals surface area (Å²) in [4.78, 5) is 29.1. The fourth-order valence-corrected chi connectivity index (χ4v) is 3.15. The van der Waals surface area contributed by atoms with Crippen LogP contribution in [0.1, 0.15) is 12.8 Å². The van der Waals surface area contributed by atoms with Crippen LogP contribution in [0.3, 0.4) is 0 Å². The number of likely N-dealkylation sites (tertiary alicyclic amines) is 1. The third-order valence-corrected chi connectivity index (χ3v) is 4.57. The molecule has 1 fully saturated rings. The van der Waals surface area contributed by atoms with Crippen molar-refractivity contribution < 1.29 is 22.8 Å². The van der Waals surface area contributed by atoms with Crippen molar-refractivity contribution in [3.63, 3.8) is 0 Å². The van der Waals surface area contributed by atoms with Gasteiger partial charge in [0, 0.05) is 24.7 Å². The van der Waals surface area contributed by atoms with Crippen LogP contribution in [0.4, 0.5) is 18.3 Å². The average Bonchev–Trinajstić information content (AvgIpc) is 2.97. The second-order valence-electron chi connectivity index (χ2n) is 4.74. The number of piperidine rings is 1. The first-order chi connectivity index (χ1) is 10.3. The molecule has 1 aromatic heterocycles. The van der Waals surface area contributed by atoms with Crippen molar-refractivity contribution >= 4 is 40.0 Å². The zero-order chi connectivity index (χ0) is 16.2. The summed E-state index contributed by atoms with van der Waals surface area (Å²) >= 11 is 0.930. The minimum absolute atomic E-state index is 0.147. The number of nitrogens with zero attached hydrogens (tertiary/aromatic N) is 2. The average molecular weight is 353 g/mol. The van der Waals surface area contributed by atoms with Gasteiger partial charge in [-0.05, 0) is 24.6 Å². The smallest absolute Gasteiger partial charge is 0.341 e. The van der Waals surface area contributed by atoms with E-state index in [4.69, 9.17) is 0 Å². The molecule has 1 N–H and O–H groups in total. The molecule has 5 nitrogen and oxygen atoms in total. The van der Waals surface area contributed by atoms with E-state index in [-0.39, 0.29) is 24.2 Å². The molecule has 0 radical (unpaired) electrons. The van der Waals surface area contributed by atoms with Gasteiger partial charge in [-0.3, -0.25) is 9.59 Å². The van der Waals surface area contributed by atoms with E-state index < -0.39 is 23.1 Å². The van der Waals surface area contributed by atoms with Gasteiger partial charge in [0.25, 0.3) is 0 Å². The molecule has 2 amide bonds. The van der Waals surface area contributed by atoms with Crippen molar-refractivity contribution in [1.82, 2.24) is 9.88 Å². The Bertz CT molecular complexity index is 522. The number of nitrogens with one attached hydrogen (secondary N) is 1. The minimum Gasteiger partial charge on any atom is -0.341 e. The van der Waals surface area contributed by atoms with Gasteiger partial charge in [-0.15, -0.1) is 11.3 Å². The summed E-state index contributed by atoms with van der Waals surface area (Å²) in [6, 6.07) is 0. The van der Waals surface area contributed by atoms with E-state index in [2.05, 4.69) is 10.3 Å². The van der Waals surface area contributed by atoms with E-state index in [1.807, 2.05) is 0 Å². The van der Waals surface area contributed by atoms with Crippen molar-refractivity contribution in [3.05, 3.63) is 11.6 Å². The molecular formula is C12H14F3N3O2S2. The summed E-state index contributed by atoms with van der Waals surface area (Å²) in [5, 5.41) is 4.85. The molecule has 2 rings (SSSR count). The number of rotatable bonds is 4. The van der Waals surface area contributed by atoms with Crippen LogP contribution in [0, 0.1) is 5.92 Å². The van der Waals surface area contributed by atoms with Crippen molar-refractivity contribution in [2.75, 3.05) is 24.2 Å². The first-order valence-corrected chi connectivity index (χ1v) is 8.40. The van der Waals surface area contributed by atoms with E-state index in [1.165, 1.54) is 16.2 Å². The lowest BCUT2D eigenvalue weighted by molar-refractivity contribution is -0.132. The summed E-state index contributed by atoms with van der Waals surface area (Å²) in [7, 11) is 0. The Morgan fingerprint density at radius 3 is 2.91 bits per heavy atom. The number of anilines is 1. The van der Waals surface area contributed by atoms with Crippen LogP contribution < -0.4 is 5.32 Å². The maximum Gasteiger partial charge on any atom is 0.442 e. The number of halogens is 3. The highest BCUT2D eigenvalue weighted by atomic mass is 32.2. The Hall–Kier alpha value is -1.29. The summed E-state index contributed by atoms with van der Waals surface area (Å²) < 4.78 is 36.4. The largest absolute Gasteiger partial charge is 0.442 e. The van der Waals surface area contributed by atoms with Crippen LogP contribution in [0.25, 0.3) is 0 Å². The quantitative estimate of drug-likeness (QED) is 0.904. The number of thiazole rings is 1. The number of thioether (sulfide) groups is 1. The lowest BCUT2D eigenvalue weighted by Gasteiger charge is -2.31. The van der Waals surface area contributed by atoms with E-state index in [0.717, 1.165) is 0 Å². The molecule has 1 saturated heterocycles. The number of hydrogen-bond donors (Lipinski definition) is 1. The van der Waals surface area contributed by atoms with Crippen molar-refractivity contribution in [2.24, 2.45) is 5.92 Å². The molecule has 0 saturated carbocycles. The first-order valence-electron chi connectivity index (χ1n) is 6.54. The van der Waals surface area contributed by atoms with Gasteiger partial charge < -0.3 is 10.2 Å². The van der Waals surface area contributed by atoms with Crippen LogP contribution >= 0.6 is 23.1 Å². The van der Waals surface area contributed by atoms with Gasteiger partial charge in [0.1, 0.15) is 0 Å². The Kier molecular flexibility index (Phi) is 5.68. The van der Waals surface area contributed by atoms with Gasteiger partial charge >= 0.3 is 5.51 Å². The molecule has 1 aromatic rings. The first kappa shape index (κ1) is 17.1. The number of hydrogen-bond acceptors (Lipinski definition) is 5. The zero-order valence-electron chi connectivity index (χ0n) is 11.4. The summed E-state index contributed by atoms with van der Waals surface area (Å²) in [6.07, 6.45) is 2.76. The molecule has 1 atom stereocenters. The summed E-state index contributed by atoms with van der Waals surface area (Å²) in [6.45, 7) is 0.534. The number of alkyl halides is 3. The van der Waals surface area contributed by atoms with Gasteiger partial charge in [-0.1, -0.05) is 0 Å². The van der Waals surface area contributed by atoms with Crippen LogP contribution in [0.5, 0.6) is 0 Å². The fraction of sp³-hybridized carbons (Fsp3) is 0.583. The zero-order valence-corrected chi connectivity index (χ0v) is 13.1. The topological polar surface area (TPSA) is 62.3 Å². The molecule has 0 bridgehead atoms. The van der Waals surface area contributed by atoms with Crippen LogP contribution in [0.2, 0.25) is 0 Å². The Morgan fingerprint density at radius 1 is 1.50 bits per heavy atom. The molecule has 0 unspecified atom stereocenters. The molecular weight excluding hydrogens is 339 g/mol. The third kappa shape index (κ3) is 5.16. The van der Waals surface area contributed by atoms with Crippen molar-refractivity contribution in [1.29, 1.82) is 0 Å². The van der Waals surface area contributed by atoms with Crippen molar-refractivity contribution in [3.8, 4) is 0 Å². The second kappa shape index (κ2) is 7.32. The van der Waals surface area contributed by atoms with E-state index in [0.29, 0.717) is 24.5 Å². The normalized spacial score (nSPS) is 19.0. The molecule has 122 valence electrons. The standard InChI is InChI=1S/C12H14F3N3O2S2/c13-12(14,15)22-7-9(19)18-4-1-2-8(6-18)10(20)17-11-16-3-5-21-11/h3,5,8H,1-2,4,6-7H2,(H,16,17,20)/t8-/m1/s1. The Labute approximate surface area is 133 Å². The monoisotopic (exact) mass is 353 g/mol. The van der Waals surface area contributed by atoms with Gasteiger partial charge in [0.2, 0.25) is 11.8 Å². The molecule has 1 aliphatic heterocycles. The maximum atomic E-state index is 12.1. The van der Waals surface area contributed by atoms with Gasteiger partial charge in [-0.2, -0.15) is 13.2 Å². The highest BCUT2D eigenvalue weighted by Crippen LogP contribution is 2.30. The molecule has 1 aliphatic rings. The van der Waals surface area contributed by atoms with Crippen molar-refractivity contribution in [2.45, 2.75) is 18.3 Å². The minimum atomic E-state index is -4.42. The SMILES string of the molecule is O=C(Nc1nccs1)[C@@H]1CCCN(C(=O)CSC(F)(F)F)C1. The number of amides is 2. The predicted molar refractivity (Wildman–Crippen MR) is 78.6 cm³/mol. The van der Waals surface area contributed by atoms with Gasteiger partial charge in [0.15, 0.2) is 5.13 Å². The second-order valence-corrected chi connectivity index (χ2v) is 6.67. The number of aromatic nitrogens is 1. The molecule has 0 aliphatic carbocycles. The Morgan fingerprint density at radius 2 is 2.27 bits per heavy atom. The predicted octanol–water partition coefficient (Wildman–Crippen LogP) is 2.57. The molecule has 10 heteroatoms. The van der Waals surface area contributed by atoms with E-state index in [9.17, 15) is 22.8 Å². The van der Waals surface area contributed by atoms with Gasteiger partial charge in [0.05, 0.1) is 11.7 Å². The maximum absolute atomic E-state index is 12.1. The fourth-order valence-electron chi connectivity index (χ4n) is 2.15. The van der Waals surface area contributed by atoms with Crippen LogP contribution in [-0.2, 0) is 9.59 Å². The molecule has 0 aromatic carbocycles. The Balaban J connectivity index is 1.85. The molecule has 2 heterocycles. The summed E-state index contributed by atoms with van der Waals surface area (Å²) in [5.41, 5.74) is -4.42. The lowest BCUT2D eigenvalue weighted by atomic mass is 9.97. The van der Waals surface area contributed by atoms with Gasteiger partial charge in [-0.25, -0.2) is 4.98 Å². The van der Waals surface area contributed by atoms with Crippen LogP contribution in [-0.4, -0.2) is 46.0 Å². The molecule has 0 spiro atoms. The van der Waals surface area contributed by atoms with Crippen LogP contribution in [0.15, 0.2) is 11.6 Å². The highest BCUT2D eigenvalue weighted by Gasteiger charge is 2.33.